The van der Waals surface area contributed by atoms with Crippen molar-refractivity contribution in [3.05, 3.63) is 96.9 Å². The van der Waals surface area contributed by atoms with Crippen LogP contribution in [-0.4, -0.2) is 17.6 Å². The Balaban J connectivity index is 2.12. The van der Waals surface area contributed by atoms with Crippen LogP contribution < -0.4 is 20.5 Å². The van der Waals surface area contributed by atoms with Crippen molar-refractivity contribution in [2.24, 2.45) is 5.73 Å². The fourth-order valence-corrected chi connectivity index (χ4v) is 4.70. The summed E-state index contributed by atoms with van der Waals surface area (Å²) >= 11 is 1.16. The lowest BCUT2D eigenvalue weighted by molar-refractivity contribution is -0.134. The molecule has 7 heteroatoms. The molecule has 0 saturated carbocycles. The first-order valence-corrected chi connectivity index (χ1v) is 9.94. The number of carbonyl (C=O) groups excluding carboxylic acids is 1. The summed E-state index contributed by atoms with van der Waals surface area (Å²) in [6.45, 7) is 0. The average Bonchev–Trinajstić information content (AvgIpc) is 3.10. The zero-order chi connectivity index (χ0) is 21.3. The third-order valence-corrected chi connectivity index (χ3v) is 6.01. The maximum atomic E-state index is 13.1. The van der Waals surface area contributed by atoms with Crippen LogP contribution >= 0.6 is 11.3 Å². The van der Waals surface area contributed by atoms with E-state index in [0.29, 0.717) is 9.20 Å². The second-order valence-electron chi connectivity index (χ2n) is 6.63. The minimum atomic E-state index is -0.716. The fourth-order valence-electron chi connectivity index (χ4n) is 3.53. The van der Waals surface area contributed by atoms with Crippen molar-refractivity contribution >= 4 is 34.8 Å². The van der Waals surface area contributed by atoms with Gasteiger partial charge in [0.1, 0.15) is 10.5 Å². The fraction of sp³-hybridized carbons (Fsp3) is 0.0870. The van der Waals surface area contributed by atoms with Gasteiger partial charge in [0.05, 0.1) is 34.8 Å². The molecule has 1 atom stereocenters. The molecule has 0 saturated heterocycles. The Labute approximate surface area is 176 Å². The first-order valence-electron chi connectivity index (χ1n) is 9.13. The number of carbonyl (C=O) groups is 1. The summed E-state index contributed by atoms with van der Waals surface area (Å²) in [5.74, 6) is -1.29. The van der Waals surface area contributed by atoms with E-state index in [1.54, 1.807) is 6.08 Å². The van der Waals surface area contributed by atoms with Crippen molar-refractivity contribution in [3.63, 3.8) is 0 Å². The lowest BCUT2D eigenvalue weighted by atomic mass is 9.84. The van der Waals surface area contributed by atoms with Gasteiger partial charge < -0.3 is 10.5 Å². The van der Waals surface area contributed by atoms with Crippen molar-refractivity contribution in [3.8, 4) is 6.07 Å². The summed E-state index contributed by atoms with van der Waals surface area (Å²) in [5.41, 5.74) is 7.84. The first-order chi connectivity index (χ1) is 14.6. The largest absolute Gasteiger partial charge is 0.466 e. The highest BCUT2D eigenvalue weighted by atomic mass is 32.1. The number of fused-ring (bicyclic) bond motifs is 1. The normalized spacial score (nSPS) is 16.2. The standard InChI is InChI=1S/C23H17N3O3S/c1-29-23(28)19-18(15-10-6-3-7-11-15)16(13-24)20(25)26-21(27)17(30-22(19)26)12-14-8-4-2-5-9-14/h2-12,18H,25H2,1H3/b17-12+. The molecule has 0 aliphatic carbocycles. The van der Waals surface area contributed by atoms with E-state index in [-0.39, 0.29) is 22.5 Å². The van der Waals surface area contributed by atoms with Crippen molar-refractivity contribution in [2.45, 2.75) is 5.92 Å². The smallest absolute Gasteiger partial charge is 0.337 e. The van der Waals surface area contributed by atoms with E-state index in [1.807, 2.05) is 60.7 Å². The Kier molecular flexibility index (Phi) is 5.09. The topological polar surface area (TPSA) is 98.1 Å². The molecule has 0 amide bonds. The van der Waals surface area contributed by atoms with Gasteiger partial charge in [-0.3, -0.25) is 9.36 Å². The molecule has 0 bridgehead atoms. The third kappa shape index (κ3) is 3.13. The molecule has 6 nitrogen and oxygen atoms in total. The van der Waals surface area contributed by atoms with Crippen LogP contribution in [0.5, 0.6) is 0 Å². The van der Waals surface area contributed by atoms with Gasteiger partial charge in [-0.05, 0) is 17.2 Å². The van der Waals surface area contributed by atoms with E-state index >= 15 is 0 Å². The molecule has 2 N–H and O–H groups in total. The second kappa shape index (κ2) is 7.85. The minimum Gasteiger partial charge on any atom is -0.466 e. The number of hydrogen-bond donors (Lipinski definition) is 1. The number of nitrogens with two attached hydrogens (primary N) is 1. The molecule has 148 valence electrons. The molecule has 1 aliphatic rings. The van der Waals surface area contributed by atoms with Crippen LogP contribution in [0.25, 0.3) is 17.5 Å². The highest BCUT2D eigenvalue weighted by molar-refractivity contribution is 7.07. The molecule has 2 heterocycles. The zero-order valence-electron chi connectivity index (χ0n) is 16.0. The summed E-state index contributed by atoms with van der Waals surface area (Å²) in [5, 5.41) is 9.85. The van der Waals surface area contributed by atoms with Crippen LogP contribution in [0.15, 0.2) is 71.0 Å². The number of esters is 1. The maximum Gasteiger partial charge on any atom is 0.337 e. The Morgan fingerprint density at radius 2 is 1.80 bits per heavy atom. The van der Waals surface area contributed by atoms with Gasteiger partial charge in [-0.2, -0.15) is 5.26 Å². The van der Waals surface area contributed by atoms with E-state index in [1.165, 1.54) is 11.7 Å². The molecule has 1 unspecified atom stereocenters. The van der Waals surface area contributed by atoms with Gasteiger partial charge in [-0.25, -0.2) is 4.79 Å². The van der Waals surface area contributed by atoms with Crippen molar-refractivity contribution in [1.29, 1.82) is 5.26 Å². The number of ether oxygens (including phenoxy) is 1. The second-order valence-corrected chi connectivity index (χ2v) is 7.66. The molecular formula is C23H17N3O3S. The lowest BCUT2D eigenvalue weighted by Gasteiger charge is -2.24. The number of allylic oxidation sites excluding steroid dienone is 1. The quantitative estimate of drug-likeness (QED) is 0.654. The SMILES string of the molecule is COC(=O)C1=c2s/c(=C/c3ccccc3)c(=O)n2C(N)=C(C#N)C1c1ccccc1. The van der Waals surface area contributed by atoms with E-state index < -0.39 is 11.9 Å². The number of methoxy groups -OCH3 is 1. The molecule has 0 fully saturated rings. The minimum absolute atomic E-state index is 0.0305. The van der Waals surface area contributed by atoms with Gasteiger partial charge >= 0.3 is 5.97 Å². The first kappa shape index (κ1) is 19.4. The Morgan fingerprint density at radius 1 is 1.17 bits per heavy atom. The van der Waals surface area contributed by atoms with Crippen LogP contribution in [0.2, 0.25) is 0 Å². The Bertz CT molecular complexity index is 1380. The van der Waals surface area contributed by atoms with E-state index in [2.05, 4.69) is 6.07 Å². The van der Waals surface area contributed by atoms with E-state index in [4.69, 9.17) is 10.5 Å². The molecule has 4 rings (SSSR count). The van der Waals surface area contributed by atoms with Crippen LogP contribution in [0.3, 0.4) is 0 Å². The number of benzene rings is 2. The molecule has 3 aromatic rings. The average molecular weight is 415 g/mol. The Hall–Kier alpha value is -3.89. The maximum absolute atomic E-state index is 13.1. The van der Waals surface area contributed by atoms with Gasteiger partial charge in [0.15, 0.2) is 0 Å². The van der Waals surface area contributed by atoms with Crippen molar-refractivity contribution < 1.29 is 9.53 Å². The summed E-state index contributed by atoms with van der Waals surface area (Å²) in [6.07, 6.45) is 1.74. The van der Waals surface area contributed by atoms with Gasteiger partial charge in [-0.1, -0.05) is 60.7 Å². The van der Waals surface area contributed by atoms with Crippen LogP contribution in [0, 0.1) is 11.3 Å². The number of rotatable bonds is 3. The highest BCUT2D eigenvalue weighted by Gasteiger charge is 2.35. The van der Waals surface area contributed by atoms with E-state index in [9.17, 15) is 14.9 Å². The van der Waals surface area contributed by atoms with Crippen molar-refractivity contribution in [2.75, 3.05) is 7.11 Å². The number of aromatic nitrogens is 1. The monoisotopic (exact) mass is 415 g/mol. The van der Waals surface area contributed by atoms with Gasteiger partial charge in [-0.15, -0.1) is 11.3 Å². The van der Waals surface area contributed by atoms with Gasteiger partial charge in [0.25, 0.3) is 5.56 Å². The summed E-state index contributed by atoms with van der Waals surface area (Å²) < 4.78 is 7.05. The van der Waals surface area contributed by atoms with E-state index in [0.717, 1.165) is 22.5 Å². The molecular weight excluding hydrogens is 398 g/mol. The number of hydrogen-bond acceptors (Lipinski definition) is 6. The van der Waals surface area contributed by atoms with Gasteiger partial charge in [0, 0.05) is 0 Å². The van der Waals surface area contributed by atoms with Crippen LogP contribution in [0.4, 0.5) is 0 Å². The van der Waals surface area contributed by atoms with Crippen LogP contribution in [-0.2, 0) is 9.53 Å². The van der Waals surface area contributed by atoms with Gasteiger partial charge in [0.2, 0.25) is 0 Å². The summed E-state index contributed by atoms with van der Waals surface area (Å²) in [4.78, 5) is 26.0. The number of nitrogens with zero attached hydrogens (tertiary/aromatic N) is 2. The summed E-state index contributed by atoms with van der Waals surface area (Å²) in [7, 11) is 1.28. The highest BCUT2D eigenvalue weighted by Crippen LogP contribution is 2.36. The predicted molar refractivity (Wildman–Crippen MR) is 115 cm³/mol. The summed E-state index contributed by atoms with van der Waals surface area (Å²) in [6, 6.07) is 20.6. The van der Waals surface area contributed by atoms with Crippen molar-refractivity contribution in [1.82, 2.24) is 4.57 Å². The number of thiazole rings is 1. The molecule has 0 spiro atoms. The predicted octanol–water partition coefficient (Wildman–Crippen LogP) is 1.51. The molecule has 0 radical (unpaired) electrons. The Morgan fingerprint density at radius 3 is 2.40 bits per heavy atom. The lowest BCUT2D eigenvalue weighted by Crippen LogP contribution is -2.40. The third-order valence-electron chi connectivity index (χ3n) is 4.90. The number of nitriles is 1. The molecule has 30 heavy (non-hydrogen) atoms. The zero-order valence-corrected chi connectivity index (χ0v) is 16.8. The molecule has 2 aromatic carbocycles. The molecule has 1 aromatic heterocycles. The molecule has 1 aliphatic heterocycles. The van der Waals surface area contributed by atoms with Crippen LogP contribution in [0.1, 0.15) is 17.0 Å².